The molecule has 2 heterocycles. The maximum absolute atomic E-state index is 10.9. The summed E-state index contributed by atoms with van der Waals surface area (Å²) in [5.41, 5.74) is 0.403. The molecule has 2 aromatic rings. The number of nitrogens with zero attached hydrogens (tertiary/aromatic N) is 3. The van der Waals surface area contributed by atoms with Gasteiger partial charge in [0.15, 0.2) is 0 Å². The quantitative estimate of drug-likeness (QED) is 0.583. The van der Waals surface area contributed by atoms with Crippen molar-refractivity contribution in [2.45, 2.75) is 13.8 Å². The van der Waals surface area contributed by atoms with Crippen LogP contribution < -0.4 is 4.63 Å². The summed E-state index contributed by atoms with van der Waals surface area (Å²) in [5, 5.41) is 24.4. The molecular weight excluding hydrogens is 216 g/mol. The molecule has 0 unspecified atom stereocenters. The van der Waals surface area contributed by atoms with Crippen LogP contribution in [0.15, 0.2) is 0 Å². The summed E-state index contributed by atoms with van der Waals surface area (Å²) >= 11 is 0. The molecule has 8 nitrogen and oxygen atoms in total. The minimum absolute atomic E-state index is 0.0874. The van der Waals surface area contributed by atoms with Crippen LogP contribution in [0.2, 0.25) is 0 Å². The number of H-pyrrole nitrogens is 1. The number of aromatic carboxylic acids is 2. The Morgan fingerprint density at radius 3 is 2.44 bits per heavy atom. The maximum Gasteiger partial charge on any atom is 0.385 e. The fraction of sp³-hybridized carbons (Fsp3) is 0.250. The van der Waals surface area contributed by atoms with Crippen LogP contribution in [0.1, 0.15) is 32.4 Å². The van der Waals surface area contributed by atoms with E-state index in [1.165, 1.54) is 13.8 Å². The molecule has 0 fully saturated rings. The number of hydrogen-bond acceptors (Lipinski definition) is 3. The normalized spacial score (nSPS) is 10.9. The first-order valence-electron chi connectivity index (χ1n) is 4.40. The zero-order valence-corrected chi connectivity index (χ0v) is 8.55. The highest BCUT2D eigenvalue weighted by molar-refractivity contribution is 5.87. The second-order valence-corrected chi connectivity index (χ2v) is 3.33. The average molecular weight is 225 g/mol. The van der Waals surface area contributed by atoms with Crippen molar-refractivity contribution < 1.29 is 24.4 Å². The van der Waals surface area contributed by atoms with Gasteiger partial charge in [-0.2, -0.15) is 0 Å². The van der Waals surface area contributed by atoms with Crippen LogP contribution in [0.4, 0.5) is 0 Å². The summed E-state index contributed by atoms with van der Waals surface area (Å²) in [6.07, 6.45) is 0. The Morgan fingerprint density at radius 1 is 1.31 bits per heavy atom. The number of carboxylic acid groups (broad SMARTS) is 2. The topological polar surface area (TPSA) is 112 Å². The Morgan fingerprint density at radius 2 is 1.94 bits per heavy atom. The van der Waals surface area contributed by atoms with Crippen LogP contribution in [-0.2, 0) is 0 Å². The SMILES string of the molecule is Cc1nn2c(C(=O)O)c(C)[nH][n+]2c1C(=O)O. The first-order chi connectivity index (χ1) is 7.43. The van der Waals surface area contributed by atoms with Crippen LogP contribution in [0.5, 0.6) is 0 Å². The van der Waals surface area contributed by atoms with Gasteiger partial charge in [-0.1, -0.05) is 0 Å². The molecule has 0 radical (unpaired) electrons. The van der Waals surface area contributed by atoms with Crippen molar-refractivity contribution in [2.24, 2.45) is 0 Å². The van der Waals surface area contributed by atoms with E-state index in [2.05, 4.69) is 10.2 Å². The van der Waals surface area contributed by atoms with E-state index in [1.807, 2.05) is 0 Å². The van der Waals surface area contributed by atoms with Gasteiger partial charge in [-0.15, -0.1) is 0 Å². The largest absolute Gasteiger partial charge is 0.476 e. The van der Waals surface area contributed by atoms with E-state index in [9.17, 15) is 9.59 Å². The summed E-state index contributed by atoms with van der Waals surface area (Å²) in [4.78, 5) is 21.9. The number of aromatic nitrogens is 4. The number of carbonyl (C=O) groups is 2. The van der Waals surface area contributed by atoms with Gasteiger partial charge < -0.3 is 10.2 Å². The summed E-state index contributed by atoms with van der Waals surface area (Å²) in [6, 6.07) is 0. The maximum atomic E-state index is 10.9. The molecule has 0 aliphatic carbocycles. The molecule has 0 aliphatic rings. The molecule has 0 amide bonds. The van der Waals surface area contributed by atoms with Gasteiger partial charge in [0.05, 0.1) is 10.8 Å². The Labute approximate surface area is 88.7 Å². The highest BCUT2D eigenvalue weighted by Crippen LogP contribution is 2.05. The summed E-state index contributed by atoms with van der Waals surface area (Å²) in [6.45, 7) is 3.03. The highest BCUT2D eigenvalue weighted by atomic mass is 16.4. The molecule has 0 aliphatic heterocycles. The van der Waals surface area contributed by atoms with Gasteiger partial charge in [0.25, 0.3) is 0 Å². The van der Waals surface area contributed by atoms with Gasteiger partial charge in [0.1, 0.15) is 0 Å². The highest BCUT2D eigenvalue weighted by Gasteiger charge is 2.31. The van der Waals surface area contributed by atoms with E-state index in [0.29, 0.717) is 5.69 Å². The fourth-order valence-electron chi connectivity index (χ4n) is 1.59. The molecule has 8 heteroatoms. The lowest BCUT2D eigenvalue weighted by Crippen LogP contribution is -2.36. The van der Waals surface area contributed by atoms with Crippen LogP contribution in [-0.4, -0.2) is 37.0 Å². The molecule has 2 rings (SSSR count). The monoisotopic (exact) mass is 225 g/mol. The average Bonchev–Trinajstić information content (AvgIpc) is 2.55. The second kappa shape index (κ2) is 3.05. The molecule has 0 spiro atoms. The molecular formula is C8H9N4O4+. The Hall–Kier alpha value is -2.38. The Bertz CT molecular complexity index is 555. The third kappa shape index (κ3) is 1.16. The van der Waals surface area contributed by atoms with Crippen molar-refractivity contribution in [3.63, 3.8) is 0 Å². The van der Waals surface area contributed by atoms with E-state index in [0.717, 1.165) is 9.26 Å². The van der Waals surface area contributed by atoms with Gasteiger partial charge in [-0.25, -0.2) is 14.7 Å². The molecule has 0 aromatic carbocycles. The van der Waals surface area contributed by atoms with Crippen molar-refractivity contribution in [3.05, 3.63) is 22.8 Å². The van der Waals surface area contributed by atoms with E-state index >= 15 is 0 Å². The number of rotatable bonds is 2. The van der Waals surface area contributed by atoms with Gasteiger partial charge in [0.2, 0.25) is 11.4 Å². The van der Waals surface area contributed by atoms with Crippen molar-refractivity contribution in [1.82, 2.24) is 14.8 Å². The first kappa shape index (κ1) is 10.1. The van der Waals surface area contributed by atoms with Gasteiger partial charge >= 0.3 is 17.6 Å². The Balaban J connectivity index is 2.88. The summed E-state index contributed by atoms with van der Waals surface area (Å²) < 4.78 is 2.12. The summed E-state index contributed by atoms with van der Waals surface area (Å²) in [7, 11) is 0. The van der Waals surface area contributed by atoms with E-state index in [4.69, 9.17) is 10.2 Å². The van der Waals surface area contributed by atoms with Gasteiger partial charge in [-0.05, 0) is 11.6 Å². The molecule has 0 bridgehead atoms. The number of fused-ring (bicyclic) bond motifs is 1. The van der Waals surface area contributed by atoms with Crippen molar-refractivity contribution in [2.75, 3.05) is 0 Å². The zero-order chi connectivity index (χ0) is 12.0. The summed E-state index contributed by atoms with van der Waals surface area (Å²) in [5.74, 6) is -2.34. The van der Waals surface area contributed by atoms with Crippen LogP contribution in [0, 0.1) is 13.8 Å². The standard InChI is InChI=1S/C8H8N4O4/c1-3-5(7(13)14)11-10-4(2)6(8(15)16)12(11)9-3/h1-2H3,(H2-,9,10,13,14,15,16)/p+1. The molecule has 0 saturated carbocycles. The predicted molar refractivity (Wildman–Crippen MR) is 48.6 cm³/mol. The minimum atomic E-state index is -1.17. The van der Waals surface area contributed by atoms with Gasteiger partial charge in [-0.3, -0.25) is 0 Å². The fourth-order valence-corrected chi connectivity index (χ4v) is 1.59. The lowest BCUT2D eigenvalue weighted by Gasteiger charge is -1.83. The smallest absolute Gasteiger partial charge is 0.385 e. The van der Waals surface area contributed by atoms with E-state index in [1.54, 1.807) is 0 Å². The number of nitrogens with one attached hydrogen (secondary N) is 1. The zero-order valence-electron chi connectivity index (χ0n) is 8.55. The van der Waals surface area contributed by atoms with E-state index < -0.39 is 11.9 Å². The lowest BCUT2D eigenvalue weighted by atomic mass is 10.3. The van der Waals surface area contributed by atoms with E-state index in [-0.39, 0.29) is 17.1 Å². The predicted octanol–water partition coefficient (Wildman–Crippen LogP) is -0.739. The molecule has 16 heavy (non-hydrogen) atoms. The number of hydrogen-bond donors (Lipinski definition) is 3. The van der Waals surface area contributed by atoms with Crippen LogP contribution in [0.25, 0.3) is 0 Å². The van der Waals surface area contributed by atoms with Crippen LogP contribution in [0.3, 0.4) is 0 Å². The van der Waals surface area contributed by atoms with Gasteiger partial charge in [0, 0.05) is 11.6 Å². The first-order valence-corrected chi connectivity index (χ1v) is 4.40. The molecule has 84 valence electrons. The minimum Gasteiger partial charge on any atom is -0.476 e. The lowest BCUT2D eigenvalue weighted by molar-refractivity contribution is -0.679. The third-order valence-corrected chi connectivity index (χ3v) is 2.22. The molecule has 0 saturated heterocycles. The molecule has 2 aromatic heterocycles. The number of aromatic amines is 1. The molecule has 0 atom stereocenters. The molecule has 3 N–H and O–H groups in total. The third-order valence-electron chi connectivity index (χ3n) is 2.22. The van der Waals surface area contributed by atoms with Crippen molar-refractivity contribution in [1.29, 1.82) is 0 Å². The van der Waals surface area contributed by atoms with Crippen molar-refractivity contribution in [3.8, 4) is 0 Å². The number of carboxylic acids is 2. The van der Waals surface area contributed by atoms with Crippen LogP contribution >= 0.6 is 0 Å². The Kier molecular flexibility index (Phi) is 1.94. The number of aryl methyl sites for hydroxylation is 2. The van der Waals surface area contributed by atoms with Crippen molar-refractivity contribution >= 4 is 11.9 Å². The second-order valence-electron chi connectivity index (χ2n) is 3.33.